The monoisotopic (exact) mass is 313 g/mol. The largest absolute Gasteiger partial charge is 0.274 e. The van der Waals surface area contributed by atoms with E-state index in [4.69, 9.17) is 10.7 Å². The molecule has 1 aromatic carbocycles. The quantitative estimate of drug-likeness (QED) is 0.477. The van der Waals surface area contributed by atoms with Crippen molar-refractivity contribution in [2.24, 2.45) is 0 Å². The second-order valence-corrected chi connectivity index (χ2v) is 6.16. The third-order valence-electron chi connectivity index (χ3n) is 1.77. The van der Waals surface area contributed by atoms with Crippen molar-refractivity contribution < 1.29 is 13.3 Å². The van der Waals surface area contributed by atoms with Crippen LogP contribution in [0.3, 0.4) is 0 Å². The van der Waals surface area contributed by atoms with Crippen molar-refractivity contribution >= 4 is 41.4 Å². The number of nitro groups is 1. The first-order chi connectivity index (χ1) is 6.73. The van der Waals surface area contributed by atoms with E-state index in [1.54, 1.807) is 0 Å². The van der Waals surface area contributed by atoms with Gasteiger partial charge in [-0.25, -0.2) is 8.42 Å². The summed E-state index contributed by atoms with van der Waals surface area (Å²) in [5.74, 6) is 0. The molecule has 0 saturated carbocycles. The van der Waals surface area contributed by atoms with Gasteiger partial charge < -0.3 is 0 Å². The van der Waals surface area contributed by atoms with Gasteiger partial charge in [-0.1, -0.05) is 15.9 Å². The fourth-order valence-corrected chi connectivity index (χ4v) is 2.35. The zero-order valence-corrected chi connectivity index (χ0v) is 10.6. The molecule has 0 amide bonds. The van der Waals surface area contributed by atoms with Gasteiger partial charge in [0, 0.05) is 26.8 Å². The average Bonchev–Trinajstić information content (AvgIpc) is 2.06. The van der Waals surface area contributed by atoms with Gasteiger partial charge in [-0.15, -0.1) is 0 Å². The van der Waals surface area contributed by atoms with Crippen LogP contribution in [-0.4, -0.2) is 13.3 Å². The molecule has 0 aliphatic carbocycles. The first-order valence-electron chi connectivity index (χ1n) is 3.62. The Balaban J connectivity index is 3.57. The van der Waals surface area contributed by atoms with Gasteiger partial charge >= 0.3 is 0 Å². The number of hydrogen-bond donors (Lipinski definition) is 0. The lowest BCUT2D eigenvalue weighted by Crippen LogP contribution is -1.97. The van der Waals surface area contributed by atoms with Crippen LogP contribution < -0.4 is 0 Å². The molecular formula is C7H5BrClNO4S. The Morgan fingerprint density at radius 3 is 2.40 bits per heavy atom. The zero-order valence-electron chi connectivity index (χ0n) is 7.40. The lowest BCUT2D eigenvalue weighted by Gasteiger charge is -2.02. The molecule has 0 heterocycles. The molecule has 1 aromatic rings. The molecule has 0 radical (unpaired) electrons. The molecule has 0 bridgehead atoms. The highest BCUT2D eigenvalue weighted by molar-refractivity contribution is 9.10. The Labute approximate surface area is 98.7 Å². The minimum Gasteiger partial charge on any atom is -0.258 e. The maximum Gasteiger partial charge on any atom is 0.274 e. The van der Waals surface area contributed by atoms with E-state index in [0.29, 0.717) is 10.0 Å². The molecule has 5 nitrogen and oxygen atoms in total. The van der Waals surface area contributed by atoms with E-state index in [2.05, 4.69) is 15.9 Å². The second kappa shape index (κ2) is 4.07. The number of rotatable bonds is 2. The van der Waals surface area contributed by atoms with Crippen molar-refractivity contribution in [3.63, 3.8) is 0 Å². The summed E-state index contributed by atoms with van der Waals surface area (Å²) in [6.45, 7) is 1.51. The lowest BCUT2D eigenvalue weighted by atomic mass is 10.2. The van der Waals surface area contributed by atoms with Crippen LogP contribution in [0.1, 0.15) is 5.56 Å². The van der Waals surface area contributed by atoms with Crippen LogP contribution in [0.2, 0.25) is 0 Å². The molecule has 15 heavy (non-hydrogen) atoms. The van der Waals surface area contributed by atoms with Crippen LogP contribution in [0.5, 0.6) is 0 Å². The standard InChI is InChI=1S/C7H5BrClNO4S/c1-4-6(8)2-5(15(9,13)14)3-7(4)10(11)12/h2-3H,1H3. The van der Waals surface area contributed by atoms with Crippen molar-refractivity contribution in [3.05, 3.63) is 32.3 Å². The van der Waals surface area contributed by atoms with E-state index in [1.165, 1.54) is 13.0 Å². The summed E-state index contributed by atoms with van der Waals surface area (Å²) >= 11 is 3.03. The third kappa shape index (κ3) is 2.67. The Kier molecular flexibility index (Phi) is 3.37. The van der Waals surface area contributed by atoms with Crippen LogP contribution in [-0.2, 0) is 9.05 Å². The van der Waals surface area contributed by atoms with Gasteiger partial charge in [0.1, 0.15) is 0 Å². The van der Waals surface area contributed by atoms with E-state index in [0.717, 1.165) is 6.07 Å². The highest BCUT2D eigenvalue weighted by Gasteiger charge is 2.20. The maximum atomic E-state index is 11.0. The highest BCUT2D eigenvalue weighted by Crippen LogP contribution is 2.30. The molecule has 0 spiro atoms. The molecule has 8 heteroatoms. The zero-order chi connectivity index (χ0) is 11.8. The molecule has 0 aliphatic rings. The Bertz CT molecular complexity index is 528. The minimum atomic E-state index is -3.96. The number of benzene rings is 1. The molecular weight excluding hydrogens is 310 g/mol. The van der Waals surface area contributed by atoms with Gasteiger partial charge in [0.25, 0.3) is 14.7 Å². The first-order valence-corrected chi connectivity index (χ1v) is 6.73. The molecule has 0 aromatic heterocycles. The fraction of sp³-hybridized carbons (Fsp3) is 0.143. The third-order valence-corrected chi connectivity index (χ3v) is 3.93. The Morgan fingerprint density at radius 2 is 2.00 bits per heavy atom. The van der Waals surface area contributed by atoms with Crippen molar-refractivity contribution in [1.29, 1.82) is 0 Å². The summed E-state index contributed by atoms with van der Waals surface area (Å²) in [7, 11) is 1.13. The van der Waals surface area contributed by atoms with E-state index in [-0.39, 0.29) is 10.6 Å². The van der Waals surface area contributed by atoms with Crippen LogP contribution in [0.15, 0.2) is 21.5 Å². The molecule has 0 fully saturated rings. The summed E-state index contributed by atoms with van der Waals surface area (Å²) in [5, 5.41) is 10.6. The van der Waals surface area contributed by atoms with Gasteiger partial charge in [-0.2, -0.15) is 0 Å². The summed E-state index contributed by atoms with van der Waals surface area (Å²) in [4.78, 5) is 9.64. The molecule has 0 N–H and O–H groups in total. The van der Waals surface area contributed by atoms with E-state index in [9.17, 15) is 18.5 Å². The predicted molar refractivity (Wildman–Crippen MR) is 58.6 cm³/mol. The van der Waals surface area contributed by atoms with Crippen LogP contribution >= 0.6 is 26.6 Å². The van der Waals surface area contributed by atoms with E-state index < -0.39 is 14.0 Å². The molecule has 0 saturated heterocycles. The molecule has 0 aliphatic heterocycles. The van der Waals surface area contributed by atoms with Gasteiger partial charge in [0.2, 0.25) is 0 Å². The van der Waals surface area contributed by atoms with Crippen LogP contribution in [0, 0.1) is 17.0 Å². The van der Waals surface area contributed by atoms with Gasteiger partial charge in [0.15, 0.2) is 0 Å². The molecule has 0 unspecified atom stereocenters. The maximum absolute atomic E-state index is 11.0. The highest BCUT2D eigenvalue weighted by atomic mass is 79.9. The van der Waals surface area contributed by atoms with Gasteiger partial charge in [-0.05, 0) is 13.0 Å². The number of nitrogens with zero attached hydrogens (tertiary/aromatic N) is 1. The van der Waals surface area contributed by atoms with Crippen molar-refractivity contribution in [2.75, 3.05) is 0 Å². The number of hydrogen-bond acceptors (Lipinski definition) is 4. The number of nitro benzene ring substituents is 1. The van der Waals surface area contributed by atoms with Gasteiger partial charge in [0.05, 0.1) is 9.82 Å². The van der Waals surface area contributed by atoms with Crippen molar-refractivity contribution in [1.82, 2.24) is 0 Å². The Morgan fingerprint density at radius 1 is 1.47 bits per heavy atom. The topological polar surface area (TPSA) is 77.3 Å². The Hall–Kier alpha value is -0.660. The molecule has 1 rings (SSSR count). The minimum absolute atomic E-state index is 0.288. The van der Waals surface area contributed by atoms with Crippen molar-refractivity contribution in [2.45, 2.75) is 11.8 Å². The molecule has 0 atom stereocenters. The first kappa shape index (κ1) is 12.4. The van der Waals surface area contributed by atoms with Crippen molar-refractivity contribution in [3.8, 4) is 0 Å². The summed E-state index contributed by atoms with van der Waals surface area (Å²) in [5.41, 5.74) is 0.0627. The normalized spacial score (nSPS) is 11.4. The van der Waals surface area contributed by atoms with Gasteiger partial charge in [-0.3, -0.25) is 10.1 Å². The summed E-state index contributed by atoms with van der Waals surface area (Å²) in [6, 6.07) is 2.16. The SMILES string of the molecule is Cc1c(Br)cc(S(=O)(=O)Cl)cc1[N+](=O)[O-]. The van der Waals surface area contributed by atoms with E-state index in [1.807, 2.05) is 0 Å². The van der Waals surface area contributed by atoms with E-state index >= 15 is 0 Å². The fourth-order valence-electron chi connectivity index (χ4n) is 0.971. The van der Waals surface area contributed by atoms with Crippen LogP contribution in [0.4, 0.5) is 5.69 Å². The second-order valence-electron chi connectivity index (χ2n) is 2.74. The lowest BCUT2D eigenvalue weighted by molar-refractivity contribution is -0.385. The smallest absolute Gasteiger partial charge is 0.258 e. The summed E-state index contributed by atoms with van der Waals surface area (Å²) in [6.07, 6.45) is 0. The molecule has 82 valence electrons. The van der Waals surface area contributed by atoms with Crippen LogP contribution in [0.25, 0.3) is 0 Å². The summed E-state index contributed by atoms with van der Waals surface area (Å²) < 4.78 is 22.3. The average molecular weight is 315 g/mol. The predicted octanol–water partition coefficient (Wildman–Crippen LogP) is 2.59. The number of halogens is 2.